The van der Waals surface area contributed by atoms with E-state index in [4.69, 9.17) is 0 Å². The van der Waals surface area contributed by atoms with E-state index in [0.717, 1.165) is 38.7 Å². The molecule has 0 bridgehead atoms. The fraction of sp³-hybridized carbons (Fsp3) is 0.647. The number of hydrogen-bond donors (Lipinski definition) is 1. The highest BCUT2D eigenvalue weighted by Gasteiger charge is 2.14. The number of halogens is 2. The summed E-state index contributed by atoms with van der Waals surface area (Å²) in [4.78, 5) is 2.39. The molecule has 0 aliphatic heterocycles. The van der Waals surface area contributed by atoms with Crippen LogP contribution in [0.2, 0.25) is 0 Å². The number of nitrogens with one attached hydrogen (secondary N) is 1. The summed E-state index contributed by atoms with van der Waals surface area (Å²) in [6.07, 6.45) is 3.23. The SMILES string of the molecule is CCCCN(CC)CCC(NCC)c1cc(F)cc(F)c1. The molecule has 1 atom stereocenters. The fourth-order valence-corrected chi connectivity index (χ4v) is 2.53. The van der Waals surface area contributed by atoms with E-state index >= 15 is 0 Å². The molecule has 1 aromatic rings. The van der Waals surface area contributed by atoms with Crippen molar-refractivity contribution in [2.75, 3.05) is 26.2 Å². The van der Waals surface area contributed by atoms with Gasteiger partial charge in [-0.1, -0.05) is 27.2 Å². The Balaban J connectivity index is 2.68. The summed E-state index contributed by atoms with van der Waals surface area (Å²) in [6.45, 7) is 10.2. The lowest BCUT2D eigenvalue weighted by molar-refractivity contribution is 0.265. The molecule has 1 unspecified atom stereocenters. The third kappa shape index (κ3) is 6.53. The van der Waals surface area contributed by atoms with Gasteiger partial charge >= 0.3 is 0 Å². The molecule has 0 amide bonds. The van der Waals surface area contributed by atoms with Gasteiger partial charge in [0.2, 0.25) is 0 Å². The van der Waals surface area contributed by atoms with Crippen LogP contribution in [0, 0.1) is 11.6 Å². The molecule has 1 aromatic carbocycles. The molecule has 120 valence electrons. The van der Waals surface area contributed by atoms with Crippen molar-refractivity contribution in [2.45, 2.75) is 46.1 Å². The van der Waals surface area contributed by atoms with Crippen LogP contribution in [0.4, 0.5) is 8.78 Å². The Hall–Kier alpha value is -1.00. The van der Waals surface area contributed by atoms with Gasteiger partial charge in [-0.3, -0.25) is 0 Å². The van der Waals surface area contributed by atoms with E-state index in [0.29, 0.717) is 5.56 Å². The Morgan fingerprint density at radius 3 is 2.24 bits per heavy atom. The quantitative estimate of drug-likeness (QED) is 0.699. The lowest BCUT2D eigenvalue weighted by Crippen LogP contribution is -2.30. The van der Waals surface area contributed by atoms with Gasteiger partial charge < -0.3 is 10.2 Å². The molecular weight excluding hydrogens is 270 g/mol. The summed E-state index contributed by atoms with van der Waals surface area (Å²) < 4.78 is 26.8. The number of rotatable bonds is 10. The van der Waals surface area contributed by atoms with Gasteiger partial charge in [-0.2, -0.15) is 0 Å². The zero-order valence-corrected chi connectivity index (χ0v) is 13.5. The van der Waals surface area contributed by atoms with Crippen molar-refractivity contribution in [3.8, 4) is 0 Å². The van der Waals surface area contributed by atoms with Crippen molar-refractivity contribution in [1.29, 1.82) is 0 Å². The summed E-state index contributed by atoms with van der Waals surface area (Å²) >= 11 is 0. The van der Waals surface area contributed by atoms with Crippen molar-refractivity contribution in [1.82, 2.24) is 10.2 Å². The minimum absolute atomic E-state index is 0.00382. The van der Waals surface area contributed by atoms with Gasteiger partial charge in [-0.25, -0.2) is 8.78 Å². The van der Waals surface area contributed by atoms with Crippen LogP contribution in [-0.2, 0) is 0 Å². The summed E-state index contributed by atoms with van der Waals surface area (Å²) in [5.74, 6) is -1.02. The molecule has 0 aliphatic carbocycles. The van der Waals surface area contributed by atoms with Crippen LogP contribution in [0.1, 0.15) is 51.6 Å². The largest absolute Gasteiger partial charge is 0.310 e. The van der Waals surface area contributed by atoms with Crippen LogP contribution in [0.3, 0.4) is 0 Å². The van der Waals surface area contributed by atoms with Crippen LogP contribution in [-0.4, -0.2) is 31.1 Å². The lowest BCUT2D eigenvalue weighted by Gasteiger charge is -2.24. The predicted molar refractivity (Wildman–Crippen MR) is 84.4 cm³/mol. The van der Waals surface area contributed by atoms with Crippen molar-refractivity contribution in [2.24, 2.45) is 0 Å². The second-order valence-electron chi connectivity index (χ2n) is 5.39. The Labute approximate surface area is 127 Å². The van der Waals surface area contributed by atoms with Gasteiger partial charge in [0, 0.05) is 12.1 Å². The van der Waals surface area contributed by atoms with E-state index in [-0.39, 0.29) is 6.04 Å². The molecule has 0 spiro atoms. The number of unbranched alkanes of at least 4 members (excludes halogenated alkanes) is 1. The minimum atomic E-state index is -0.508. The highest BCUT2D eigenvalue weighted by molar-refractivity contribution is 5.21. The van der Waals surface area contributed by atoms with Crippen molar-refractivity contribution in [3.05, 3.63) is 35.4 Å². The summed E-state index contributed by atoms with van der Waals surface area (Å²) in [5, 5.41) is 3.33. The number of nitrogens with zero attached hydrogens (tertiary/aromatic N) is 1. The first-order chi connectivity index (χ1) is 10.1. The maximum absolute atomic E-state index is 13.4. The van der Waals surface area contributed by atoms with Crippen LogP contribution >= 0.6 is 0 Å². The number of hydrogen-bond acceptors (Lipinski definition) is 2. The van der Waals surface area contributed by atoms with Gasteiger partial charge in [-0.15, -0.1) is 0 Å². The second-order valence-corrected chi connectivity index (χ2v) is 5.39. The Morgan fingerprint density at radius 2 is 1.71 bits per heavy atom. The minimum Gasteiger partial charge on any atom is -0.310 e. The zero-order valence-electron chi connectivity index (χ0n) is 13.5. The van der Waals surface area contributed by atoms with Gasteiger partial charge in [0.25, 0.3) is 0 Å². The third-order valence-corrected chi connectivity index (χ3v) is 3.75. The lowest BCUT2D eigenvalue weighted by atomic mass is 10.0. The average molecular weight is 298 g/mol. The highest BCUT2D eigenvalue weighted by Crippen LogP contribution is 2.20. The van der Waals surface area contributed by atoms with Gasteiger partial charge in [0.1, 0.15) is 11.6 Å². The second kappa shape index (κ2) is 9.85. The van der Waals surface area contributed by atoms with Gasteiger partial charge in [0.15, 0.2) is 0 Å². The van der Waals surface area contributed by atoms with E-state index in [1.165, 1.54) is 25.0 Å². The summed E-state index contributed by atoms with van der Waals surface area (Å²) in [6, 6.07) is 3.78. The van der Waals surface area contributed by atoms with Gasteiger partial charge in [-0.05, 0) is 56.7 Å². The molecule has 0 radical (unpaired) electrons. The molecule has 21 heavy (non-hydrogen) atoms. The Bertz CT molecular complexity index is 390. The number of benzene rings is 1. The first-order valence-corrected chi connectivity index (χ1v) is 8.02. The maximum Gasteiger partial charge on any atom is 0.126 e. The molecule has 1 rings (SSSR count). The monoisotopic (exact) mass is 298 g/mol. The fourth-order valence-electron chi connectivity index (χ4n) is 2.53. The van der Waals surface area contributed by atoms with Crippen LogP contribution < -0.4 is 5.32 Å². The first-order valence-electron chi connectivity index (χ1n) is 8.02. The Kier molecular flexibility index (Phi) is 8.47. The van der Waals surface area contributed by atoms with Crippen molar-refractivity contribution >= 4 is 0 Å². The van der Waals surface area contributed by atoms with E-state index < -0.39 is 11.6 Å². The van der Waals surface area contributed by atoms with Crippen LogP contribution in [0.25, 0.3) is 0 Å². The third-order valence-electron chi connectivity index (χ3n) is 3.75. The summed E-state index contributed by atoms with van der Waals surface area (Å²) in [5.41, 5.74) is 0.695. The van der Waals surface area contributed by atoms with Crippen LogP contribution in [0.15, 0.2) is 18.2 Å². The van der Waals surface area contributed by atoms with Crippen LogP contribution in [0.5, 0.6) is 0 Å². The highest BCUT2D eigenvalue weighted by atomic mass is 19.1. The molecule has 0 saturated carbocycles. The van der Waals surface area contributed by atoms with E-state index in [9.17, 15) is 8.78 Å². The molecule has 0 saturated heterocycles. The zero-order chi connectivity index (χ0) is 15.7. The van der Waals surface area contributed by atoms with Gasteiger partial charge in [0.05, 0.1) is 0 Å². The summed E-state index contributed by atoms with van der Waals surface area (Å²) in [7, 11) is 0. The van der Waals surface area contributed by atoms with E-state index in [2.05, 4.69) is 24.1 Å². The Morgan fingerprint density at radius 1 is 1.05 bits per heavy atom. The van der Waals surface area contributed by atoms with E-state index in [1.807, 2.05) is 6.92 Å². The van der Waals surface area contributed by atoms with Crippen molar-refractivity contribution < 1.29 is 8.78 Å². The normalized spacial score (nSPS) is 12.9. The predicted octanol–water partition coefficient (Wildman–Crippen LogP) is 4.13. The molecular formula is C17H28F2N2. The standard InChI is InChI=1S/C17H28F2N2/c1-4-7-9-21(6-3)10-8-17(20-5-2)14-11-15(18)13-16(19)12-14/h11-13,17,20H,4-10H2,1-3H3. The maximum atomic E-state index is 13.4. The average Bonchev–Trinajstić information content (AvgIpc) is 2.45. The molecule has 0 fully saturated rings. The molecule has 0 aromatic heterocycles. The molecule has 2 nitrogen and oxygen atoms in total. The first kappa shape index (κ1) is 18.1. The molecule has 0 aliphatic rings. The van der Waals surface area contributed by atoms with E-state index in [1.54, 1.807) is 0 Å². The van der Waals surface area contributed by atoms with Crippen molar-refractivity contribution in [3.63, 3.8) is 0 Å². The molecule has 4 heteroatoms. The smallest absolute Gasteiger partial charge is 0.126 e. The molecule has 0 heterocycles. The topological polar surface area (TPSA) is 15.3 Å². The molecule has 1 N–H and O–H groups in total.